The van der Waals surface area contributed by atoms with E-state index in [0.29, 0.717) is 0 Å². The maximum absolute atomic E-state index is 11.4. The molecule has 0 aliphatic carbocycles. The van der Waals surface area contributed by atoms with Crippen molar-refractivity contribution in [3.05, 3.63) is 28.7 Å². The molecule has 1 rings (SSSR count). The van der Waals surface area contributed by atoms with Crippen molar-refractivity contribution in [3.8, 4) is 0 Å². The van der Waals surface area contributed by atoms with Crippen LogP contribution in [0.25, 0.3) is 0 Å². The monoisotopic (exact) mass is 297 g/mol. The molecule has 0 unspecified atom stereocenters. The number of nitrogens with one attached hydrogen (secondary N) is 2. The summed E-state index contributed by atoms with van der Waals surface area (Å²) in [5, 5.41) is 6.96. The van der Waals surface area contributed by atoms with Crippen LogP contribution < -0.4 is 10.7 Å². The van der Waals surface area contributed by atoms with E-state index in [1.165, 1.54) is 0 Å². The van der Waals surface area contributed by atoms with Crippen molar-refractivity contribution in [2.45, 2.75) is 20.3 Å². The van der Waals surface area contributed by atoms with Gasteiger partial charge in [-0.05, 0) is 31.5 Å². The van der Waals surface area contributed by atoms with Gasteiger partial charge in [0.2, 0.25) is 0 Å². The minimum Gasteiger partial charge on any atom is -0.376 e. The SMILES string of the molecule is CCC(C)=NNC(=O)CNc1cccc(Br)c1. The number of nitrogens with zero attached hydrogens (tertiary/aromatic N) is 1. The molecule has 0 aromatic heterocycles. The average molecular weight is 298 g/mol. The van der Waals surface area contributed by atoms with Gasteiger partial charge in [-0.15, -0.1) is 0 Å². The van der Waals surface area contributed by atoms with E-state index in [1.54, 1.807) is 0 Å². The molecule has 2 N–H and O–H groups in total. The Morgan fingerprint density at radius 3 is 2.88 bits per heavy atom. The summed E-state index contributed by atoms with van der Waals surface area (Å²) >= 11 is 3.37. The number of carbonyl (C=O) groups excluding carboxylic acids is 1. The number of hydrogen-bond acceptors (Lipinski definition) is 3. The maximum atomic E-state index is 11.4. The van der Waals surface area contributed by atoms with E-state index in [0.717, 1.165) is 22.3 Å². The second-order valence-electron chi connectivity index (χ2n) is 3.60. The number of anilines is 1. The molecule has 5 heteroatoms. The van der Waals surface area contributed by atoms with Gasteiger partial charge in [-0.3, -0.25) is 4.79 Å². The number of benzene rings is 1. The van der Waals surface area contributed by atoms with E-state index in [9.17, 15) is 4.79 Å². The van der Waals surface area contributed by atoms with Crippen LogP contribution in [0.4, 0.5) is 5.69 Å². The number of carbonyl (C=O) groups is 1. The van der Waals surface area contributed by atoms with E-state index < -0.39 is 0 Å². The fraction of sp³-hybridized carbons (Fsp3) is 0.333. The molecule has 0 atom stereocenters. The first-order valence-electron chi connectivity index (χ1n) is 5.43. The first kappa shape index (κ1) is 13.7. The van der Waals surface area contributed by atoms with Gasteiger partial charge in [-0.2, -0.15) is 5.10 Å². The largest absolute Gasteiger partial charge is 0.376 e. The Labute approximate surface area is 110 Å². The zero-order valence-corrected chi connectivity index (χ0v) is 11.5. The lowest BCUT2D eigenvalue weighted by atomic mass is 10.3. The number of halogens is 1. The van der Waals surface area contributed by atoms with Crippen molar-refractivity contribution in [1.82, 2.24) is 5.43 Å². The molecule has 0 aliphatic heterocycles. The lowest BCUT2D eigenvalue weighted by molar-refractivity contribution is -0.119. The minimum absolute atomic E-state index is 0.155. The van der Waals surface area contributed by atoms with Gasteiger partial charge < -0.3 is 5.32 Å². The Morgan fingerprint density at radius 2 is 2.24 bits per heavy atom. The molecule has 0 saturated heterocycles. The Hall–Kier alpha value is -1.36. The van der Waals surface area contributed by atoms with Gasteiger partial charge in [0.1, 0.15) is 0 Å². The number of amides is 1. The summed E-state index contributed by atoms with van der Waals surface area (Å²) in [6, 6.07) is 7.65. The molecule has 0 aliphatic rings. The molecule has 1 aromatic carbocycles. The van der Waals surface area contributed by atoms with E-state index >= 15 is 0 Å². The van der Waals surface area contributed by atoms with Crippen LogP contribution in [0, 0.1) is 0 Å². The Bertz CT molecular complexity index is 418. The molecule has 17 heavy (non-hydrogen) atoms. The van der Waals surface area contributed by atoms with Crippen LogP contribution in [0.2, 0.25) is 0 Å². The highest BCUT2D eigenvalue weighted by molar-refractivity contribution is 9.10. The smallest absolute Gasteiger partial charge is 0.259 e. The summed E-state index contributed by atoms with van der Waals surface area (Å²) in [6.45, 7) is 4.07. The second-order valence-corrected chi connectivity index (χ2v) is 4.52. The molecule has 4 nitrogen and oxygen atoms in total. The summed E-state index contributed by atoms with van der Waals surface area (Å²) in [7, 11) is 0. The van der Waals surface area contributed by atoms with E-state index in [2.05, 4.69) is 31.8 Å². The molecule has 0 heterocycles. The summed E-state index contributed by atoms with van der Waals surface area (Å²) in [5.41, 5.74) is 4.29. The van der Waals surface area contributed by atoms with Crippen LogP contribution in [0.1, 0.15) is 20.3 Å². The summed E-state index contributed by atoms with van der Waals surface area (Å²) in [6.07, 6.45) is 0.833. The maximum Gasteiger partial charge on any atom is 0.259 e. The second kappa shape index (κ2) is 7.06. The fourth-order valence-electron chi connectivity index (χ4n) is 1.06. The van der Waals surface area contributed by atoms with Gasteiger partial charge >= 0.3 is 0 Å². The Kier molecular flexibility index (Phi) is 5.69. The number of hydrazone groups is 1. The lowest BCUT2D eigenvalue weighted by Crippen LogP contribution is -2.26. The van der Waals surface area contributed by atoms with E-state index in [1.807, 2.05) is 38.1 Å². The average Bonchev–Trinajstić information content (AvgIpc) is 2.33. The molecular formula is C12H16BrN3O. The molecule has 0 bridgehead atoms. The van der Waals surface area contributed by atoms with Gasteiger partial charge in [-0.25, -0.2) is 5.43 Å². The third-order valence-corrected chi connectivity index (χ3v) is 2.65. The highest BCUT2D eigenvalue weighted by Crippen LogP contribution is 2.14. The van der Waals surface area contributed by atoms with Gasteiger partial charge in [0, 0.05) is 15.9 Å². The van der Waals surface area contributed by atoms with Crippen LogP contribution in [0.3, 0.4) is 0 Å². The quantitative estimate of drug-likeness (QED) is 0.649. The van der Waals surface area contributed by atoms with Crippen molar-refractivity contribution in [1.29, 1.82) is 0 Å². The van der Waals surface area contributed by atoms with Crippen molar-refractivity contribution in [3.63, 3.8) is 0 Å². The van der Waals surface area contributed by atoms with Crippen molar-refractivity contribution < 1.29 is 4.79 Å². The summed E-state index contributed by atoms with van der Waals surface area (Å²) in [4.78, 5) is 11.4. The van der Waals surface area contributed by atoms with Crippen molar-refractivity contribution >= 4 is 33.2 Å². The van der Waals surface area contributed by atoms with Gasteiger partial charge in [0.15, 0.2) is 0 Å². The molecule has 92 valence electrons. The van der Waals surface area contributed by atoms with Crippen LogP contribution in [0.15, 0.2) is 33.8 Å². The third-order valence-electron chi connectivity index (χ3n) is 2.16. The minimum atomic E-state index is -0.155. The van der Waals surface area contributed by atoms with E-state index in [-0.39, 0.29) is 12.5 Å². The van der Waals surface area contributed by atoms with Crippen LogP contribution in [-0.2, 0) is 4.79 Å². The van der Waals surface area contributed by atoms with Gasteiger partial charge in [0.25, 0.3) is 5.91 Å². The molecule has 0 spiro atoms. The van der Waals surface area contributed by atoms with Crippen LogP contribution in [-0.4, -0.2) is 18.2 Å². The zero-order valence-electron chi connectivity index (χ0n) is 9.96. The Balaban J connectivity index is 2.38. The molecule has 0 fully saturated rings. The summed E-state index contributed by atoms with van der Waals surface area (Å²) in [5.74, 6) is -0.155. The summed E-state index contributed by atoms with van der Waals surface area (Å²) < 4.78 is 0.975. The fourth-order valence-corrected chi connectivity index (χ4v) is 1.46. The topological polar surface area (TPSA) is 53.5 Å². The Morgan fingerprint density at radius 1 is 1.47 bits per heavy atom. The van der Waals surface area contributed by atoms with Crippen molar-refractivity contribution in [2.24, 2.45) is 5.10 Å². The van der Waals surface area contributed by atoms with Crippen molar-refractivity contribution in [2.75, 3.05) is 11.9 Å². The van der Waals surface area contributed by atoms with E-state index in [4.69, 9.17) is 0 Å². The molecular weight excluding hydrogens is 282 g/mol. The highest BCUT2D eigenvalue weighted by atomic mass is 79.9. The van der Waals surface area contributed by atoms with Gasteiger partial charge in [-0.1, -0.05) is 28.9 Å². The number of rotatable bonds is 5. The number of hydrogen-bond donors (Lipinski definition) is 2. The third kappa shape index (κ3) is 5.49. The normalized spacial score (nSPS) is 11.1. The molecule has 1 amide bonds. The molecule has 0 radical (unpaired) electrons. The van der Waals surface area contributed by atoms with Crippen LogP contribution >= 0.6 is 15.9 Å². The first-order valence-corrected chi connectivity index (χ1v) is 6.22. The highest BCUT2D eigenvalue weighted by Gasteiger charge is 2.00. The standard InChI is InChI=1S/C12H16BrN3O/c1-3-9(2)15-16-12(17)8-14-11-6-4-5-10(13)7-11/h4-7,14H,3,8H2,1-2H3,(H,16,17). The molecule has 1 aromatic rings. The predicted octanol–water partition coefficient (Wildman–Crippen LogP) is 2.76. The molecule has 0 saturated carbocycles. The lowest BCUT2D eigenvalue weighted by Gasteiger charge is -2.05. The predicted molar refractivity (Wildman–Crippen MR) is 74.2 cm³/mol. The van der Waals surface area contributed by atoms with Crippen LogP contribution in [0.5, 0.6) is 0 Å². The van der Waals surface area contributed by atoms with Gasteiger partial charge in [0.05, 0.1) is 6.54 Å². The first-order chi connectivity index (χ1) is 8.11. The zero-order chi connectivity index (χ0) is 12.7.